The summed E-state index contributed by atoms with van der Waals surface area (Å²) in [6.07, 6.45) is 9.10. The molecule has 2 unspecified atom stereocenters. The van der Waals surface area contributed by atoms with E-state index < -0.39 is 0 Å². The van der Waals surface area contributed by atoms with Crippen molar-refractivity contribution >= 4 is 16.3 Å². The second-order valence-electron chi connectivity index (χ2n) is 7.18. The van der Waals surface area contributed by atoms with E-state index in [2.05, 4.69) is 63.2 Å². The summed E-state index contributed by atoms with van der Waals surface area (Å²) in [7, 11) is 0. The average molecular weight is 292 g/mol. The summed E-state index contributed by atoms with van der Waals surface area (Å²) in [5.74, 6) is 1.78. The summed E-state index contributed by atoms with van der Waals surface area (Å²) >= 11 is 0. The second kappa shape index (κ2) is 6.69. The van der Waals surface area contributed by atoms with Gasteiger partial charge in [0.05, 0.1) is 0 Å². The third kappa shape index (κ3) is 3.43. The van der Waals surface area contributed by atoms with Crippen molar-refractivity contribution < 1.29 is 0 Å². The molecule has 2 aromatic rings. The summed E-state index contributed by atoms with van der Waals surface area (Å²) in [6.45, 7) is 6.87. The van der Waals surface area contributed by atoms with Crippen molar-refractivity contribution in [3.8, 4) is 0 Å². The zero-order chi connectivity index (χ0) is 15.5. The molecule has 0 heterocycles. The first-order valence-corrected chi connectivity index (χ1v) is 8.85. The lowest BCUT2D eigenvalue weighted by molar-refractivity contribution is 0.362. The summed E-state index contributed by atoms with van der Waals surface area (Å²) in [4.78, 5) is 0. The molecule has 0 spiro atoms. The Bertz CT molecular complexity index is 677. The fraction of sp³-hybridized carbons (Fsp3) is 0.455. The van der Waals surface area contributed by atoms with Crippen LogP contribution < -0.4 is 0 Å². The van der Waals surface area contributed by atoms with E-state index >= 15 is 0 Å². The highest BCUT2D eigenvalue weighted by atomic mass is 14.2. The summed E-state index contributed by atoms with van der Waals surface area (Å²) in [5, 5.41) is 2.72. The number of aryl methyl sites for hydroxylation is 1. The van der Waals surface area contributed by atoms with Gasteiger partial charge in [0.25, 0.3) is 0 Å². The molecule has 0 N–H and O–H groups in total. The van der Waals surface area contributed by atoms with Crippen LogP contribution in [0.2, 0.25) is 0 Å². The number of hydrogen-bond acceptors (Lipinski definition) is 0. The van der Waals surface area contributed by atoms with Crippen molar-refractivity contribution in [1.29, 1.82) is 0 Å². The molecule has 0 saturated carbocycles. The summed E-state index contributed by atoms with van der Waals surface area (Å²) in [5.41, 5.74) is 4.33. The van der Waals surface area contributed by atoms with Crippen LogP contribution in [0.3, 0.4) is 0 Å². The molecule has 0 nitrogen and oxygen atoms in total. The topological polar surface area (TPSA) is 0 Å². The van der Waals surface area contributed by atoms with Crippen molar-refractivity contribution in [2.24, 2.45) is 11.8 Å². The van der Waals surface area contributed by atoms with Crippen LogP contribution in [0, 0.1) is 18.8 Å². The Morgan fingerprint density at radius 3 is 2.59 bits per heavy atom. The largest absolute Gasteiger partial charge is 0.0804 e. The highest BCUT2D eigenvalue weighted by Gasteiger charge is 2.17. The van der Waals surface area contributed by atoms with Gasteiger partial charge in [-0.05, 0) is 72.4 Å². The van der Waals surface area contributed by atoms with Gasteiger partial charge in [0.1, 0.15) is 0 Å². The minimum atomic E-state index is 0.879. The maximum absolute atomic E-state index is 2.51. The number of hydrogen-bond donors (Lipinski definition) is 0. The zero-order valence-electron chi connectivity index (χ0n) is 14.2. The van der Waals surface area contributed by atoms with Crippen LogP contribution in [0.15, 0.2) is 42.5 Å². The fourth-order valence-corrected chi connectivity index (χ4v) is 3.67. The van der Waals surface area contributed by atoms with Crippen LogP contribution in [-0.2, 0) is 0 Å². The quantitative estimate of drug-likeness (QED) is 0.583. The first-order chi connectivity index (χ1) is 10.7. The van der Waals surface area contributed by atoms with E-state index in [-0.39, 0.29) is 0 Å². The Kier molecular flexibility index (Phi) is 4.66. The van der Waals surface area contributed by atoms with Gasteiger partial charge < -0.3 is 0 Å². The van der Waals surface area contributed by atoms with E-state index in [1.165, 1.54) is 54.0 Å². The molecule has 0 aliphatic heterocycles. The lowest BCUT2D eigenvalue weighted by Crippen LogP contribution is -2.09. The van der Waals surface area contributed by atoms with Crippen molar-refractivity contribution in [3.63, 3.8) is 0 Å². The molecule has 116 valence electrons. The molecule has 0 fully saturated rings. The van der Waals surface area contributed by atoms with Crippen LogP contribution in [-0.4, -0.2) is 0 Å². The minimum absolute atomic E-state index is 0.879. The van der Waals surface area contributed by atoms with Crippen LogP contribution >= 0.6 is 0 Å². The predicted molar refractivity (Wildman–Crippen MR) is 98.1 cm³/mol. The lowest BCUT2D eigenvalue weighted by atomic mass is 9.81. The molecule has 0 saturated heterocycles. The second-order valence-corrected chi connectivity index (χ2v) is 7.18. The highest BCUT2D eigenvalue weighted by Crippen LogP contribution is 2.34. The van der Waals surface area contributed by atoms with Gasteiger partial charge >= 0.3 is 0 Å². The maximum Gasteiger partial charge on any atom is -0.0178 e. The Labute approximate surface area is 135 Å². The third-order valence-corrected chi connectivity index (χ3v) is 5.32. The van der Waals surface area contributed by atoms with Crippen molar-refractivity contribution in [2.45, 2.75) is 52.9 Å². The number of fused-ring (bicyclic) bond motifs is 1. The zero-order valence-corrected chi connectivity index (χ0v) is 14.2. The third-order valence-electron chi connectivity index (χ3n) is 5.32. The van der Waals surface area contributed by atoms with Crippen molar-refractivity contribution in [1.82, 2.24) is 0 Å². The Balaban J connectivity index is 1.76. The monoisotopic (exact) mass is 292 g/mol. The minimum Gasteiger partial charge on any atom is -0.0804 e. The normalized spacial score (nSPS) is 20.0. The Morgan fingerprint density at radius 2 is 1.86 bits per heavy atom. The van der Waals surface area contributed by atoms with Gasteiger partial charge in [0.15, 0.2) is 0 Å². The smallest absolute Gasteiger partial charge is 0.0178 e. The van der Waals surface area contributed by atoms with E-state index in [0.717, 1.165) is 11.8 Å². The van der Waals surface area contributed by atoms with Gasteiger partial charge in [-0.25, -0.2) is 0 Å². The molecule has 0 radical (unpaired) electrons. The van der Waals surface area contributed by atoms with E-state index in [0.29, 0.717) is 0 Å². The molecule has 2 atom stereocenters. The molecule has 1 aliphatic carbocycles. The van der Waals surface area contributed by atoms with Crippen molar-refractivity contribution in [3.05, 3.63) is 53.6 Å². The van der Waals surface area contributed by atoms with Crippen LogP contribution in [0.1, 0.15) is 57.1 Å². The first kappa shape index (κ1) is 15.3. The van der Waals surface area contributed by atoms with Gasteiger partial charge in [-0.3, -0.25) is 0 Å². The van der Waals surface area contributed by atoms with Gasteiger partial charge in [-0.15, -0.1) is 0 Å². The maximum atomic E-state index is 2.51. The van der Waals surface area contributed by atoms with Crippen LogP contribution in [0.4, 0.5) is 0 Å². The Hall–Kier alpha value is -1.56. The van der Waals surface area contributed by atoms with Crippen LogP contribution in [0.25, 0.3) is 16.3 Å². The van der Waals surface area contributed by atoms with E-state index in [4.69, 9.17) is 0 Å². The average Bonchev–Trinajstić information content (AvgIpc) is 2.55. The molecule has 1 aliphatic rings. The molecule has 0 heteroatoms. The first-order valence-electron chi connectivity index (χ1n) is 8.85. The molecule has 0 amide bonds. The summed E-state index contributed by atoms with van der Waals surface area (Å²) < 4.78 is 0. The SMILES string of the molecule is CCC(C)CC1CC=C(c2ccc3cc(C)ccc3c2)CC1. The predicted octanol–water partition coefficient (Wildman–Crippen LogP) is 6.77. The highest BCUT2D eigenvalue weighted by molar-refractivity contribution is 5.87. The van der Waals surface area contributed by atoms with Gasteiger partial charge in [-0.1, -0.05) is 62.2 Å². The summed E-state index contributed by atoms with van der Waals surface area (Å²) in [6, 6.07) is 13.7. The van der Waals surface area contributed by atoms with Crippen LogP contribution in [0.5, 0.6) is 0 Å². The molecule has 3 rings (SSSR count). The van der Waals surface area contributed by atoms with Gasteiger partial charge in [0.2, 0.25) is 0 Å². The van der Waals surface area contributed by atoms with E-state index in [1.54, 1.807) is 5.57 Å². The molecule has 22 heavy (non-hydrogen) atoms. The van der Waals surface area contributed by atoms with Crippen molar-refractivity contribution in [2.75, 3.05) is 0 Å². The van der Waals surface area contributed by atoms with E-state index in [1.807, 2.05) is 0 Å². The van der Waals surface area contributed by atoms with Gasteiger partial charge in [0, 0.05) is 0 Å². The lowest BCUT2D eigenvalue weighted by Gasteiger charge is -2.24. The fourth-order valence-electron chi connectivity index (χ4n) is 3.67. The molecule has 0 aromatic heterocycles. The van der Waals surface area contributed by atoms with Gasteiger partial charge in [-0.2, -0.15) is 0 Å². The molecular formula is C22H28. The molecule has 0 bridgehead atoms. The number of allylic oxidation sites excluding steroid dienone is 2. The number of benzene rings is 2. The van der Waals surface area contributed by atoms with E-state index in [9.17, 15) is 0 Å². The molecule has 2 aromatic carbocycles. The molecular weight excluding hydrogens is 264 g/mol. The number of rotatable bonds is 4. The Morgan fingerprint density at radius 1 is 1.09 bits per heavy atom. The standard InChI is InChI=1S/C22H28/c1-4-16(2)13-18-6-9-19(10-7-18)21-12-11-20-14-17(3)5-8-22(20)15-21/h5,8-9,11-12,14-16,18H,4,6-7,10,13H2,1-3H3.